The number of nitrogens with zero attached hydrogens (tertiary/aromatic N) is 1. The van der Waals surface area contributed by atoms with Crippen molar-refractivity contribution < 1.29 is 4.39 Å². The maximum Gasteiger partial charge on any atom is 0.181 e. The average molecular weight is 273 g/mol. The van der Waals surface area contributed by atoms with E-state index in [9.17, 15) is 4.39 Å². The molecule has 0 spiro atoms. The van der Waals surface area contributed by atoms with Gasteiger partial charge in [0.05, 0.1) is 9.48 Å². The summed E-state index contributed by atoms with van der Waals surface area (Å²) in [6.07, 6.45) is 0. The molecule has 0 aliphatic carbocycles. The molecule has 2 aromatic rings. The molecule has 72 valence electrons. The zero-order valence-electron chi connectivity index (χ0n) is 7.00. The lowest BCUT2D eigenvalue weighted by molar-refractivity contribution is 0.628. The molecule has 0 aliphatic rings. The van der Waals surface area contributed by atoms with E-state index in [0.717, 1.165) is 9.35 Å². The number of anilines is 1. The first kappa shape index (κ1) is 9.61. The van der Waals surface area contributed by atoms with Gasteiger partial charge in [0, 0.05) is 5.56 Å². The van der Waals surface area contributed by atoms with Gasteiger partial charge in [-0.05, 0) is 28.1 Å². The van der Waals surface area contributed by atoms with Crippen molar-refractivity contribution >= 4 is 32.4 Å². The van der Waals surface area contributed by atoms with Gasteiger partial charge in [0.25, 0.3) is 0 Å². The largest absolute Gasteiger partial charge is 0.375 e. The molecule has 2 rings (SSSR count). The van der Waals surface area contributed by atoms with Crippen LogP contribution in [-0.2, 0) is 0 Å². The molecule has 0 amide bonds. The van der Waals surface area contributed by atoms with Crippen LogP contribution in [0.2, 0.25) is 0 Å². The third kappa shape index (κ3) is 1.78. The zero-order chi connectivity index (χ0) is 10.1. The minimum absolute atomic E-state index is 0.277. The van der Waals surface area contributed by atoms with E-state index >= 15 is 0 Å². The van der Waals surface area contributed by atoms with Crippen LogP contribution in [0, 0.1) is 5.82 Å². The SMILES string of the molecule is Nc1nc(-c2cccc(F)c2)c(Br)s1. The highest BCUT2D eigenvalue weighted by Crippen LogP contribution is 2.34. The van der Waals surface area contributed by atoms with E-state index in [1.807, 2.05) is 0 Å². The normalized spacial score (nSPS) is 10.4. The Morgan fingerprint density at radius 1 is 1.43 bits per heavy atom. The molecule has 0 radical (unpaired) electrons. The Labute approximate surface area is 92.7 Å². The van der Waals surface area contributed by atoms with Crippen LogP contribution in [0.15, 0.2) is 28.1 Å². The second-order valence-corrected chi connectivity index (χ2v) is 5.03. The molecule has 5 heteroatoms. The molecule has 0 unspecified atom stereocenters. The fourth-order valence-corrected chi connectivity index (χ4v) is 2.53. The van der Waals surface area contributed by atoms with Crippen molar-refractivity contribution in [3.8, 4) is 11.3 Å². The first-order valence-corrected chi connectivity index (χ1v) is 5.45. The number of hydrogen-bond acceptors (Lipinski definition) is 3. The molecular formula is C9H6BrFN2S. The number of thiazole rings is 1. The van der Waals surface area contributed by atoms with Crippen LogP contribution in [0.25, 0.3) is 11.3 Å². The lowest BCUT2D eigenvalue weighted by Gasteiger charge is -1.96. The maximum atomic E-state index is 12.9. The van der Waals surface area contributed by atoms with Crippen LogP contribution in [0.3, 0.4) is 0 Å². The Hall–Kier alpha value is -0.940. The fourth-order valence-electron chi connectivity index (χ4n) is 1.13. The molecule has 0 saturated carbocycles. The number of hydrogen-bond donors (Lipinski definition) is 1. The van der Waals surface area contributed by atoms with Gasteiger partial charge >= 0.3 is 0 Å². The lowest BCUT2D eigenvalue weighted by atomic mass is 10.2. The summed E-state index contributed by atoms with van der Waals surface area (Å²) in [6.45, 7) is 0. The molecule has 14 heavy (non-hydrogen) atoms. The monoisotopic (exact) mass is 272 g/mol. The Kier molecular flexibility index (Phi) is 2.52. The quantitative estimate of drug-likeness (QED) is 0.865. The number of aromatic nitrogens is 1. The summed E-state index contributed by atoms with van der Waals surface area (Å²) in [5.41, 5.74) is 6.95. The van der Waals surface area contributed by atoms with Crippen molar-refractivity contribution in [3.63, 3.8) is 0 Å². The van der Waals surface area contributed by atoms with Crippen molar-refractivity contribution in [1.29, 1.82) is 0 Å². The van der Waals surface area contributed by atoms with Crippen LogP contribution in [0.5, 0.6) is 0 Å². The van der Waals surface area contributed by atoms with E-state index in [1.54, 1.807) is 12.1 Å². The topological polar surface area (TPSA) is 38.9 Å². The highest BCUT2D eigenvalue weighted by Gasteiger charge is 2.09. The Morgan fingerprint density at radius 3 is 2.79 bits per heavy atom. The summed E-state index contributed by atoms with van der Waals surface area (Å²) in [7, 11) is 0. The minimum atomic E-state index is -0.277. The number of nitrogens with two attached hydrogens (primary N) is 1. The van der Waals surface area contributed by atoms with Gasteiger partial charge in [0.1, 0.15) is 5.82 Å². The van der Waals surface area contributed by atoms with Gasteiger partial charge < -0.3 is 5.73 Å². The van der Waals surface area contributed by atoms with Gasteiger partial charge in [-0.1, -0.05) is 23.5 Å². The van der Waals surface area contributed by atoms with E-state index in [-0.39, 0.29) is 5.82 Å². The van der Waals surface area contributed by atoms with Gasteiger partial charge in [-0.15, -0.1) is 0 Å². The average Bonchev–Trinajstić information content (AvgIpc) is 2.45. The molecule has 1 aromatic carbocycles. The molecule has 2 N–H and O–H groups in total. The van der Waals surface area contributed by atoms with Gasteiger partial charge in [0.2, 0.25) is 0 Å². The van der Waals surface area contributed by atoms with Crippen molar-refractivity contribution in [2.24, 2.45) is 0 Å². The van der Waals surface area contributed by atoms with E-state index < -0.39 is 0 Å². The summed E-state index contributed by atoms with van der Waals surface area (Å²) in [5, 5.41) is 0.469. The zero-order valence-corrected chi connectivity index (χ0v) is 9.40. The molecule has 1 aromatic heterocycles. The number of benzene rings is 1. The molecule has 1 heterocycles. The maximum absolute atomic E-state index is 12.9. The molecule has 0 fully saturated rings. The number of rotatable bonds is 1. The first-order valence-electron chi connectivity index (χ1n) is 3.84. The third-order valence-corrected chi connectivity index (χ3v) is 3.23. The minimum Gasteiger partial charge on any atom is -0.375 e. The van der Waals surface area contributed by atoms with Crippen LogP contribution in [-0.4, -0.2) is 4.98 Å². The predicted octanol–water partition coefficient (Wildman–Crippen LogP) is 3.29. The molecular weight excluding hydrogens is 267 g/mol. The van der Waals surface area contributed by atoms with Crippen molar-refractivity contribution in [2.75, 3.05) is 5.73 Å². The summed E-state index contributed by atoms with van der Waals surface area (Å²) in [6, 6.07) is 6.27. The second-order valence-electron chi connectivity index (χ2n) is 2.68. The smallest absolute Gasteiger partial charge is 0.181 e. The molecule has 0 bridgehead atoms. The first-order chi connectivity index (χ1) is 6.66. The number of nitrogen functional groups attached to an aromatic ring is 1. The molecule has 0 aliphatic heterocycles. The van der Waals surface area contributed by atoms with Gasteiger partial charge in [-0.25, -0.2) is 9.37 Å². The fraction of sp³-hybridized carbons (Fsp3) is 0. The predicted molar refractivity (Wildman–Crippen MR) is 59.6 cm³/mol. The molecule has 0 saturated heterocycles. The van der Waals surface area contributed by atoms with Crippen molar-refractivity contribution in [2.45, 2.75) is 0 Å². The number of halogens is 2. The lowest BCUT2D eigenvalue weighted by Crippen LogP contribution is -1.84. The standard InChI is InChI=1S/C9H6BrFN2S/c10-8-7(13-9(12)14-8)5-2-1-3-6(11)4-5/h1-4H,(H2,12,13). The van der Waals surface area contributed by atoms with Crippen LogP contribution in [0.1, 0.15) is 0 Å². The Balaban J connectivity index is 2.54. The molecule has 2 nitrogen and oxygen atoms in total. The van der Waals surface area contributed by atoms with E-state index in [4.69, 9.17) is 5.73 Å². The van der Waals surface area contributed by atoms with Crippen LogP contribution < -0.4 is 5.73 Å². The Bertz CT molecular complexity index is 470. The van der Waals surface area contributed by atoms with E-state index in [1.165, 1.54) is 23.5 Å². The van der Waals surface area contributed by atoms with Crippen molar-refractivity contribution in [3.05, 3.63) is 33.9 Å². The summed E-state index contributed by atoms with van der Waals surface area (Å²) in [5.74, 6) is -0.277. The highest BCUT2D eigenvalue weighted by molar-refractivity contribution is 9.11. The van der Waals surface area contributed by atoms with Gasteiger partial charge in [-0.2, -0.15) is 0 Å². The van der Waals surface area contributed by atoms with E-state index in [2.05, 4.69) is 20.9 Å². The Morgan fingerprint density at radius 2 is 2.21 bits per heavy atom. The van der Waals surface area contributed by atoms with E-state index in [0.29, 0.717) is 10.8 Å². The summed E-state index contributed by atoms with van der Waals surface area (Å²) >= 11 is 4.66. The van der Waals surface area contributed by atoms with Gasteiger partial charge in [-0.3, -0.25) is 0 Å². The van der Waals surface area contributed by atoms with Crippen LogP contribution >= 0.6 is 27.3 Å². The summed E-state index contributed by atoms with van der Waals surface area (Å²) < 4.78 is 13.7. The van der Waals surface area contributed by atoms with Crippen LogP contribution in [0.4, 0.5) is 9.52 Å². The second kappa shape index (κ2) is 3.67. The summed E-state index contributed by atoms with van der Waals surface area (Å²) in [4.78, 5) is 4.10. The molecule has 0 atom stereocenters. The van der Waals surface area contributed by atoms with Crippen molar-refractivity contribution in [1.82, 2.24) is 4.98 Å². The third-order valence-electron chi connectivity index (χ3n) is 1.70. The highest BCUT2D eigenvalue weighted by atomic mass is 79.9. The van der Waals surface area contributed by atoms with Gasteiger partial charge in [0.15, 0.2) is 5.13 Å².